The van der Waals surface area contributed by atoms with Crippen molar-refractivity contribution in [3.05, 3.63) is 86.5 Å². The Labute approximate surface area is 218 Å². The van der Waals surface area contributed by atoms with Crippen molar-refractivity contribution in [1.82, 2.24) is 9.97 Å². The lowest BCUT2D eigenvalue weighted by molar-refractivity contribution is -0.384. The van der Waals surface area contributed by atoms with Crippen LogP contribution in [0.2, 0.25) is 0 Å². The first-order chi connectivity index (χ1) is 17.9. The Kier molecular flexibility index (Phi) is 7.00. The van der Waals surface area contributed by atoms with E-state index in [0.717, 1.165) is 59.0 Å². The summed E-state index contributed by atoms with van der Waals surface area (Å²) in [5, 5.41) is 11.9. The number of esters is 1. The Hall–Kier alpha value is -4.05. The zero-order valence-electron chi connectivity index (χ0n) is 20.7. The molecule has 10 heteroatoms. The monoisotopic (exact) mass is 517 g/mol. The lowest BCUT2D eigenvalue weighted by Crippen LogP contribution is -2.47. The molecule has 190 valence electrons. The van der Waals surface area contributed by atoms with Crippen LogP contribution in [0.1, 0.15) is 33.5 Å². The van der Waals surface area contributed by atoms with E-state index in [2.05, 4.69) is 21.9 Å². The third-order valence-electron chi connectivity index (χ3n) is 6.49. The number of rotatable bonds is 7. The summed E-state index contributed by atoms with van der Waals surface area (Å²) in [6.07, 6.45) is 0.595. The highest BCUT2D eigenvalue weighted by Crippen LogP contribution is 2.37. The summed E-state index contributed by atoms with van der Waals surface area (Å²) in [5.41, 5.74) is 3.01. The van der Waals surface area contributed by atoms with Crippen LogP contribution < -0.4 is 9.80 Å². The largest absolute Gasteiger partial charge is 0.462 e. The van der Waals surface area contributed by atoms with E-state index in [4.69, 9.17) is 14.7 Å². The van der Waals surface area contributed by atoms with Crippen LogP contribution in [-0.4, -0.2) is 53.6 Å². The maximum absolute atomic E-state index is 12.6. The number of fused-ring (bicyclic) bond motifs is 1. The molecule has 0 bridgehead atoms. The minimum absolute atomic E-state index is 0.0852. The van der Waals surface area contributed by atoms with Gasteiger partial charge < -0.3 is 14.5 Å². The molecule has 1 aliphatic heterocycles. The second kappa shape index (κ2) is 10.5. The molecule has 0 spiro atoms. The molecular weight excluding hydrogens is 490 g/mol. The zero-order valence-corrected chi connectivity index (χ0v) is 21.5. The van der Waals surface area contributed by atoms with E-state index in [1.54, 1.807) is 19.1 Å². The van der Waals surface area contributed by atoms with Gasteiger partial charge in [0.15, 0.2) is 0 Å². The molecule has 0 atom stereocenters. The van der Waals surface area contributed by atoms with Crippen LogP contribution in [0.15, 0.2) is 54.6 Å². The van der Waals surface area contributed by atoms with Crippen LogP contribution in [-0.2, 0) is 11.2 Å². The number of benzene rings is 2. The maximum Gasteiger partial charge on any atom is 0.348 e. The first-order valence-electron chi connectivity index (χ1n) is 12.2. The molecule has 1 fully saturated rings. The number of hydrogen-bond donors (Lipinski definition) is 0. The molecule has 0 radical (unpaired) electrons. The van der Waals surface area contributed by atoms with Crippen molar-refractivity contribution in [1.29, 1.82) is 0 Å². The van der Waals surface area contributed by atoms with Crippen LogP contribution in [0.3, 0.4) is 0 Å². The number of piperazine rings is 1. The van der Waals surface area contributed by atoms with E-state index in [-0.39, 0.29) is 16.6 Å². The average Bonchev–Trinajstić information content (AvgIpc) is 3.25. The lowest BCUT2D eigenvalue weighted by atomic mass is 10.1. The Bertz CT molecular complexity index is 1430. The number of thiophene rings is 1. The van der Waals surface area contributed by atoms with Crippen molar-refractivity contribution in [3.63, 3.8) is 0 Å². The smallest absolute Gasteiger partial charge is 0.348 e. The summed E-state index contributed by atoms with van der Waals surface area (Å²) >= 11 is 1.36. The number of carbonyl (C=O) groups is 1. The highest BCUT2D eigenvalue weighted by Gasteiger charge is 2.26. The quantitative estimate of drug-likeness (QED) is 0.192. The predicted octanol–water partition coefficient (Wildman–Crippen LogP) is 5.00. The number of nitrogens with zero attached hydrogens (tertiary/aromatic N) is 5. The second-order valence-electron chi connectivity index (χ2n) is 8.83. The van der Waals surface area contributed by atoms with Crippen molar-refractivity contribution in [3.8, 4) is 0 Å². The molecule has 2 aromatic heterocycles. The first kappa shape index (κ1) is 24.6. The van der Waals surface area contributed by atoms with Gasteiger partial charge in [-0.2, -0.15) is 0 Å². The van der Waals surface area contributed by atoms with Crippen LogP contribution in [0.25, 0.3) is 10.2 Å². The van der Waals surface area contributed by atoms with Gasteiger partial charge >= 0.3 is 5.97 Å². The first-order valence-corrected chi connectivity index (χ1v) is 13.0. The summed E-state index contributed by atoms with van der Waals surface area (Å²) in [6, 6.07) is 16.8. The van der Waals surface area contributed by atoms with E-state index >= 15 is 0 Å². The SMILES string of the molecule is CCOC(=O)c1sc2nc(Cc3ccccc3)nc(N3CCN(c4ccc([N+](=O)[O-])cc4)CC3)c2c1C. The topological polar surface area (TPSA) is 102 Å². The van der Waals surface area contributed by atoms with Crippen molar-refractivity contribution in [2.24, 2.45) is 0 Å². The molecule has 0 aliphatic carbocycles. The molecule has 0 unspecified atom stereocenters. The molecule has 4 aromatic rings. The van der Waals surface area contributed by atoms with Gasteiger partial charge in [-0.25, -0.2) is 14.8 Å². The van der Waals surface area contributed by atoms with Gasteiger partial charge in [0.05, 0.1) is 16.9 Å². The van der Waals surface area contributed by atoms with Gasteiger partial charge in [-0.3, -0.25) is 10.1 Å². The predicted molar refractivity (Wildman–Crippen MR) is 145 cm³/mol. The number of nitro benzene ring substituents is 1. The molecule has 0 amide bonds. The average molecular weight is 518 g/mol. The fourth-order valence-corrected chi connectivity index (χ4v) is 5.69. The van der Waals surface area contributed by atoms with Crippen LogP contribution in [0, 0.1) is 17.0 Å². The van der Waals surface area contributed by atoms with Gasteiger partial charge in [-0.15, -0.1) is 11.3 Å². The molecule has 1 saturated heterocycles. The molecule has 0 saturated carbocycles. The summed E-state index contributed by atoms with van der Waals surface area (Å²) < 4.78 is 5.30. The second-order valence-corrected chi connectivity index (χ2v) is 9.83. The molecule has 5 rings (SSSR count). The molecule has 9 nitrogen and oxygen atoms in total. The van der Waals surface area contributed by atoms with Crippen molar-refractivity contribution in [2.45, 2.75) is 20.3 Å². The Morgan fingerprint density at radius 2 is 1.70 bits per heavy atom. The molecule has 0 N–H and O–H groups in total. The highest BCUT2D eigenvalue weighted by molar-refractivity contribution is 7.20. The van der Waals surface area contributed by atoms with Gasteiger partial charge in [0.2, 0.25) is 0 Å². The minimum Gasteiger partial charge on any atom is -0.462 e. The maximum atomic E-state index is 12.6. The molecule has 1 aliphatic rings. The fourth-order valence-electron chi connectivity index (χ4n) is 4.60. The van der Waals surface area contributed by atoms with E-state index in [1.807, 2.05) is 25.1 Å². The number of ether oxygens (including phenoxy) is 1. The van der Waals surface area contributed by atoms with Crippen LogP contribution in [0.4, 0.5) is 17.2 Å². The van der Waals surface area contributed by atoms with Crippen molar-refractivity contribution >= 4 is 44.7 Å². The summed E-state index contributed by atoms with van der Waals surface area (Å²) in [6.45, 7) is 6.97. The number of anilines is 2. The Morgan fingerprint density at radius 3 is 2.35 bits per heavy atom. The number of aromatic nitrogens is 2. The molecular formula is C27H27N5O4S. The number of nitro groups is 1. The lowest BCUT2D eigenvalue weighted by Gasteiger charge is -2.37. The summed E-state index contributed by atoms with van der Waals surface area (Å²) in [5.74, 6) is 1.22. The number of non-ortho nitro benzene ring substituents is 1. The normalized spacial score (nSPS) is 13.7. The van der Waals surface area contributed by atoms with E-state index in [9.17, 15) is 14.9 Å². The van der Waals surface area contributed by atoms with Crippen LogP contribution in [0.5, 0.6) is 0 Å². The van der Waals surface area contributed by atoms with E-state index in [1.165, 1.54) is 23.5 Å². The van der Waals surface area contributed by atoms with Gasteiger partial charge in [-0.1, -0.05) is 30.3 Å². The Balaban J connectivity index is 1.46. The van der Waals surface area contributed by atoms with Crippen molar-refractivity contribution < 1.29 is 14.5 Å². The number of hydrogen-bond acceptors (Lipinski definition) is 9. The number of carbonyl (C=O) groups excluding carboxylic acids is 1. The Morgan fingerprint density at radius 1 is 1.03 bits per heavy atom. The minimum atomic E-state index is -0.386. The molecule has 3 heterocycles. The van der Waals surface area contributed by atoms with E-state index < -0.39 is 0 Å². The third kappa shape index (κ3) is 5.10. The van der Waals surface area contributed by atoms with E-state index in [0.29, 0.717) is 23.7 Å². The highest BCUT2D eigenvalue weighted by atomic mass is 32.1. The van der Waals surface area contributed by atoms with Gasteiger partial charge in [0.25, 0.3) is 5.69 Å². The van der Waals surface area contributed by atoms with Gasteiger partial charge in [0, 0.05) is 50.4 Å². The molecule has 2 aromatic carbocycles. The van der Waals surface area contributed by atoms with Gasteiger partial charge in [0.1, 0.15) is 21.3 Å². The zero-order chi connectivity index (χ0) is 25.9. The fraction of sp³-hybridized carbons (Fsp3) is 0.296. The van der Waals surface area contributed by atoms with Crippen molar-refractivity contribution in [2.75, 3.05) is 42.6 Å². The number of aryl methyl sites for hydroxylation is 1. The standard InChI is InChI=1S/C27H27N5O4S/c1-3-36-27(33)24-18(2)23-25(28-22(29-26(23)37-24)17-19-7-5-4-6-8-19)31-15-13-30(14-16-31)20-9-11-21(12-10-20)32(34)35/h4-12H,3,13-17H2,1-2H3. The summed E-state index contributed by atoms with van der Waals surface area (Å²) in [4.78, 5) is 38.9. The summed E-state index contributed by atoms with van der Waals surface area (Å²) in [7, 11) is 0. The van der Waals surface area contributed by atoms with Crippen LogP contribution >= 0.6 is 11.3 Å². The van der Waals surface area contributed by atoms with Gasteiger partial charge in [-0.05, 0) is 37.1 Å². The molecule has 37 heavy (non-hydrogen) atoms. The third-order valence-corrected chi connectivity index (χ3v) is 7.65.